The van der Waals surface area contributed by atoms with Crippen LogP contribution in [-0.4, -0.2) is 34.2 Å². The smallest absolute Gasteiger partial charge is 0.242 e. The van der Waals surface area contributed by atoms with Crippen LogP contribution in [-0.2, 0) is 9.59 Å². The van der Waals surface area contributed by atoms with Crippen molar-refractivity contribution in [3.8, 4) is 0 Å². The van der Waals surface area contributed by atoms with E-state index in [0.29, 0.717) is 10.2 Å². The fourth-order valence-corrected chi connectivity index (χ4v) is 4.65. The number of rotatable bonds is 4. The third-order valence-electron chi connectivity index (χ3n) is 4.84. The number of amidine groups is 1. The summed E-state index contributed by atoms with van der Waals surface area (Å²) >= 11 is 7.38. The molecule has 2 aromatic rings. The summed E-state index contributed by atoms with van der Waals surface area (Å²) in [5, 5.41) is 3.63. The van der Waals surface area contributed by atoms with Crippen LogP contribution in [0.5, 0.6) is 0 Å². The normalized spacial score (nSPS) is 17.9. The number of hydrogen-bond donors (Lipinski definition) is 1. The number of aliphatic imine (C=N–C) groups is 1. The van der Waals surface area contributed by atoms with Gasteiger partial charge in [-0.1, -0.05) is 47.1 Å². The van der Waals surface area contributed by atoms with Gasteiger partial charge in [0.25, 0.3) is 0 Å². The third-order valence-corrected chi connectivity index (χ3v) is 6.30. The van der Waals surface area contributed by atoms with E-state index in [4.69, 9.17) is 11.6 Å². The minimum absolute atomic E-state index is 0.0914. The molecule has 1 aliphatic rings. The molecule has 0 bridgehead atoms. The Kier molecular flexibility index (Phi) is 6.34. The Hall–Kier alpha value is -2.31. The van der Waals surface area contributed by atoms with Gasteiger partial charge in [-0.2, -0.15) is 0 Å². The van der Waals surface area contributed by atoms with Crippen molar-refractivity contribution in [3.05, 3.63) is 57.6 Å². The number of amides is 2. The first-order valence-corrected chi connectivity index (χ1v) is 10.6. The molecule has 3 rings (SSSR count). The predicted octanol–water partition coefficient (Wildman–Crippen LogP) is 5.16. The molecule has 1 aliphatic heterocycles. The molecule has 2 amide bonds. The van der Waals surface area contributed by atoms with Gasteiger partial charge in [-0.3, -0.25) is 14.5 Å². The lowest BCUT2D eigenvalue weighted by atomic mass is 10.0. The second kappa shape index (κ2) is 8.59. The topological polar surface area (TPSA) is 61.8 Å². The van der Waals surface area contributed by atoms with Crippen LogP contribution in [0.2, 0.25) is 5.02 Å². The molecule has 1 heterocycles. The molecule has 0 spiro atoms. The van der Waals surface area contributed by atoms with Gasteiger partial charge in [0.05, 0.1) is 5.69 Å². The molecule has 29 heavy (non-hydrogen) atoms. The van der Waals surface area contributed by atoms with Crippen molar-refractivity contribution in [1.29, 1.82) is 0 Å². The van der Waals surface area contributed by atoms with Gasteiger partial charge in [-0.15, -0.1) is 0 Å². The summed E-state index contributed by atoms with van der Waals surface area (Å²) in [5.74, 6) is -0.305. The van der Waals surface area contributed by atoms with E-state index < -0.39 is 5.25 Å². The molecule has 0 radical (unpaired) electrons. The van der Waals surface area contributed by atoms with Crippen molar-refractivity contribution in [2.75, 3.05) is 12.4 Å². The summed E-state index contributed by atoms with van der Waals surface area (Å²) in [4.78, 5) is 31.4. The lowest BCUT2D eigenvalue weighted by Crippen LogP contribution is -2.30. The molecule has 7 heteroatoms. The molecule has 1 fully saturated rings. The summed E-state index contributed by atoms with van der Waals surface area (Å²) in [6.07, 6.45) is 0.0914. The van der Waals surface area contributed by atoms with Crippen molar-refractivity contribution in [2.45, 2.75) is 39.4 Å². The van der Waals surface area contributed by atoms with Gasteiger partial charge in [0.1, 0.15) is 5.25 Å². The molecule has 0 aliphatic carbocycles. The van der Waals surface area contributed by atoms with Crippen LogP contribution in [0.25, 0.3) is 0 Å². The summed E-state index contributed by atoms with van der Waals surface area (Å²) in [7, 11) is 1.68. The minimum Gasteiger partial charge on any atom is -0.326 e. The third kappa shape index (κ3) is 4.82. The molecule has 1 N–H and O–H groups in total. The number of carbonyl (C=O) groups excluding carboxylic acids is 2. The van der Waals surface area contributed by atoms with Crippen LogP contribution in [0.15, 0.2) is 35.3 Å². The zero-order chi connectivity index (χ0) is 21.3. The second-order valence-electron chi connectivity index (χ2n) is 7.35. The largest absolute Gasteiger partial charge is 0.326 e. The first-order chi connectivity index (χ1) is 13.7. The molecular weight excluding hydrogens is 406 g/mol. The Labute approximate surface area is 180 Å². The van der Waals surface area contributed by atoms with E-state index in [-0.39, 0.29) is 18.2 Å². The maximum absolute atomic E-state index is 12.6. The lowest BCUT2D eigenvalue weighted by Gasteiger charge is -2.14. The van der Waals surface area contributed by atoms with Gasteiger partial charge >= 0.3 is 0 Å². The maximum Gasteiger partial charge on any atom is 0.242 e. The number of carbonyl (C=O) groups is 2. The van der Waals surface area contributed by atoms with Crippen LogP contribution in [0.3, 0.4) is 0 Å². The van der Waals surface area contributed by atoms with Crippen LogP contribution >= 0.6 is 23.4 Å². The molecule has 0 aromatic heterocycles. The average Bonchev–Trinajstić information content (AvgIpc) is 2.89. The predicted molar refractivity (Wildman–Crippen MR) is 121 cm³/mol. The first-order valence-electron chi connectivity index (χ1n) is 9.32. The molecule has 5 nitrogen and oxygen atoms in total. The highest BCUT2D eigenvalue weighted by Crippen LogP contribution is 2.33. The Morgan fingerprint density at radius 1 is 1.14 bits per heavy atom. The minimum atomic E-state index is -0.496. The molecule has 0 unspecified atom stereocenters. The molecule has 0 saturated carbocycles. The summed E-state index contributed by atoms with van der Waals surface area (Å²) < 4.78 is 0. The molecule has 152 valence electrons. The Bertz CT molecular complexity index is 996. The summed E-state index contributed by atoms with van der Waals surface area (Å²) in [6.45, 7) is 7.90. The number of aryl methyl sites for hydroxylation is 4. The second-order valence-corrected chi connectivity index (χ2v) is 8.96. The van der Waals surface area contributed by atoms with E-state index in [2.05, 4.69) is 10.3 Å². The Balaban J connectivity index is 1.74. The van der Waals surface area contributed by atoms with Crippen LogP contribution < -0.4 is 5.32 Å². The van der Waals surface area contributed by atoms with Crippen molar-refractivity contribution >= 4 is 51.7 Å². The fraction of sp³-hybridized carbons (Fsp3) is 0.318. The van der Waals surface area contributed by atoms with E-state index in [9.17, 15) is 9.59 Å². The van der Waals surface area contributed by atoms with E-state index in [0.717, 1.165) is 33.6 Å². The fourth-order valence-electron chi connectivity index (χ4n) is 3.34. The van der Waals surface area contributed by atoms with Crippen LogP contribution in [0.4, 0.5) is 11.4 Å². The van der Waals surface area contributed by atoms with Gasteiger partial charge in [-0.05, 0) is 56.5 Å². The molecular formula is C22H24ClN3O2S. The highest BCUT2D eigenvalue weighted by molar-refractivity contribution is 8.15. The SMILES string of the molecule is Cc1cc(C)c(NC(=O)C[C@@H]2SC(=Nc3cc(Cl)ccc3C)N(C)C2=O)c(C)c1. The van der Waals surface area contributed by atoms with E-state index in [1.807, 2.05) is 45.9 Å². The zero-order valence-electron chi connectivity index (χ0n) is 17.2. The number of nitrogens with zero attached hydrogens (tertiary/aromatic N) is 2. The van der Waals surface area contributed by atoms with Crippen molar-refractivity contribution in [2.24, 2.45) is 4.99 Å². The van der Waals surface area contributed by atoms with E-state index >= 15 is 0 Å². The van der Waals surface area contributed by atoms with Gasteiger partial charge in [0.15, 0.2) is 5.17 Å². The quantitative estimate of drug-likeness (QED) is 0.729. The number of benzene rings is 2. The van der Waals surface area contributed by atoms with Gasteiger partial charge in [-0.25, -0.2) is 4.99 Å². The molecule has 1 saturated heterocycles. The standard InChI is InChI=1S/C22H24ClN3O2S/c1-12-8-14(3)20(15(4)9-12)25-19(27)11-18-21(28)26(5)22(29-18)24-17-10-16(23)7-6-13(17)2/h6-10,18H,11H2,1-5H3,(H,25,27)/t18-/m0/s1. The van der Waals surface area contributed by atoms with E-state index in [1.54, 1.807) is 19.2 Å². The highest BCUT2D eigenvalue weighted by Gasteiger charge is 2.37. The lowest BCUT2D eigenvalue weighted by molar-refractivity contribution is -0.127. The van der Waals surface area contributed by atoms with Crippen LogP contribution in [0.1, 0.15) is 28.7 Å². The van der Waals surface area contributed by atoms with Crippen molar-refractivity contribution < 1.29 is 9.59 Å². The van der Waals surface area contributed by atoms with E-state index in [1.165, 1.54) is 16.7 Å². The van der Waals surface area contributed by atoms with Gasteiger partial charge < -0.3 is 5.32 Å². The monoisotopic (exact) mass is 429 g/mol. The van der Waals surface area contributed by atoms with Crippen LogP contribution in [0, 0.1) is 27.7 Å². The summed E-state index contributed by atoms with van der Waals surface area (Å²) in [5.41, 5.74) is 5.67. The maximum atomic E-state index is 12.6. The van der Waals surface area contributed by atoms with Crippen molar-refractivity contribution in [3.63, 3.8) is 0 Å². The zero-order valence-corrected chi connectivity index (χ0v) is 18.7. The number of thioether (sulfide) groups is 1. The first kappa shape index (κ1) is 21.4. The van der Waals surface area contributed by atoms with Crippen molar-refractivity contribution in [1.82, 2.24) is 4.90 Å². The number of hydrogen-bond acceptors (Lipinski definition) is 4. The number of anilines is 1. The van der Waals surface area contributed by atoms with Gasteiger partial charge in [0.2, 0.25) is 11.8 Å². The summed E-state index contributed by atoms with van der Waals surface area (Å²) in [6, 6.07) is 9.53. The Morgan fingerprint density at radius 3 is 2.45 bits per heavy atom. The number of halogens is 1. The molecule has 2 aromatic carbocycles. The Morgan fingerprint density at radius 2 is 1.79 bits per heavy atom. The molecule has 1 atom stereocenters. The van der Waals surface area contributed by atoms with Gasteiger partial charge in [0, 0.05) is 24.2 Å². The average molecular weight is 430 g/mol. The highest BCUT2D eigenvalue weighted by atomic mass is 35.5. The number of nitrogens with one attached hydrogen (secondary N) is 1.